The summed E-state index contributed by atoms with van der Waals surface area (Å²) in [6, 6.07) is -1.11. The highest BCUT2D eigenvalue weighted by Gasteiger charge is 2.20. The number of carboxylic acids is 1. The summed E-state index contributed by atoms with van der Waals surface area (Å²) < 4.78 is 0. The Kier molecular flexibility index (Phi) is 10.0. The summed E-state index contributed by atoms with van der Waals surface area (Å²) in [6.45, 7) is 0.640. The van der Waals surface area contributed by atoms with E-state index in [4.69, 9.17) is 5.11 Å². The van der Waals surface area contributed by atoms with Gasteiger partial charge >= 0.3 is 12.0 Å². The molecule has 7 heteroatoms. The first kappa shape index (κ1) is 17.4. The van der Waals surface area contributed by atoms with Crippen LogP contribution in [0, 0.1) is 0 Å². The summed E-state index contributed by atoms with van der Waals surface area (Å²) in [5, 5.41) is 11.5. The Bertz CT molecular complexity index is 265. The van der Waals surface area contributed by atoms with Crippen LogP contribution >= 0.6 is 23.5 Å². The van der Waals surface area contributed by atoms with Crippen LogP contribution in [-0.2, 0) is 4.79 Å². The summed E-state index contributed by atoms with van der Waals surface area (Å²) in [5.41, 5.74) is 0. The maximum atomic E-state index is 11.8. The molecule has 106 valence electrons. The van der Waals surface area contributed by atoms with E-state index in [1.54, 1.807) is 30.6 Å². The lowest BCUT2D eigenvalue weighted by Gasteiger charge is -2.21. The molecule has 0 spiro atoms. The van der Waals surface area contributed by atoms with Crippen molar-refractivity contribution < 1.29 is 14.7 Å². The third-order valence-corrected chi connectivity index (χ3v) is 3.74. The number of amides is 2. The molecule has 0 aromatic rings. The lowest BCUT2D eigenvalue weighted by molar-refractivity contribution is -0.139. The number of carboxylic acid groups (broad SMARTS) is 1. The van der Waals surface area contributed by atoms with Gasteiger partial charge in [-0.25, -0.2) is 9.59 Å². The Morgan fingerprint density at radius 2 is 1.89 bits per heavy atom. The monoisotopic (exact) mass is 294 g/mol. The molecule has 0 saturated heterocycles. The van der Waals surface area contributed by atoms with Gasteiger partial charge < -0.3 is 15.3 Å². The van der Waals surface area contributed by atoms with Gasteiger partial charge in [0.1, 0.15) is 6.04 Å². The molecule has 2 N–H and O–H groups in total. The molecule has 0 bridgehead atoms. The standard InChI is InChI=1S/C11H22N2O3S2/c1-13(6-4-7-17-2)11(16)12-9(10(14)15)5-8-18-3/h9H,4-8H2,1-3H3,(H,12,16)(H,14,15). The Morgan fingerprint density at radius 1 is 1.28 bits per heavy atom. The number of aliphatic carboxylic acids is 1. The van der Waals surface area contributed by atoms with Gasteiger partial charge in [-0.15, -0.1) is 0 Å². The summed E-state index contributed by atoms with van der Waals surface area (Å²) in [7, 11) is 1.68. The molecule has 0 saturated carbocycles. The molecule has 1 unspecified atom stereocenters. The highest BCUT2D eigenvalue weighted by atomic mass is 32.2. The van der Waals surface area contributed by atoms with E-state index >= 15 is 0 Å². The zero-order valence-electron chi connectivity index (χ0n) is 11.1. The van der Waals surface area contributed by atoms with Crippen LogP contribution in [0.15, 0.2) is 0 Å². The lowest BCUT2D eigenvalue weighted by Crippen LogP contribution is -2.47. The SMILES string of the molecule is CSCCCN(C)C(=O)NC(CCSC)C(=O)O. The van der Waals surface area contributed by atoms with Gasteiger partial charge in [0.05, 0.1) is 0 Å². The molecule has 0 aliphatic rings. The first-order chi connectivity index (χ1) is 8.52. The number of hydrogen-bond donors (Lipinski definition) is 2. The molecule has 0 aliphatic carbocycles. The van der Waals surface area contributed by atoms with Gasteiger partial charge in [-0.05, 0) is 36.9 Å². The summed E-state index contributed by atoms with van der Waals surface area (Å²) in [4.78, 5) is 24.3. The third kappa shape index (κ3) is 7.71. The molecule has 0 fully saturated rings. The minimum Gasteiger partial charge on any atom is -0.480 e. The highest BCUT2D eigenvalue weighted by molar-refractivity contribution is 7.98. The van der Waals surface area contributed by atoms with Crippen LogP contribution in [-0.4, -0.2) is 65.7 Å². The number of thioether (sulfide) groups is 2. The van der Waals surface area contributed by atoms with E-state index < -0.39 is 12.0 Å². The van der Waals surface area contributed by atoms with Gasteiger partial charge in [-0.2, -0.15) is 23.5 Å². The fraction of sp³-hybridized carbons (Fsp3) is 0.818. The quantitative estimate of drug-likeness (QED) is 0.632. The van der Waals surface area contributed by atoms with E-state index in [0.29, 0.717) is 18.7 Å². The van der Waals surface area contributed by atoms with Crippen molar-refractivity contribution >= 4 is 35.5 Å². The van der Waals surface area contributed by atoms with E-state index in [-0.39, 0.29) is 6.03 Å². The fourth-order valence-electron chi connectivity index (χ4n) is 1.30. The van der Waals surface area contributed by atoms with Crippen LogP contribution in [0.4, 0.5) is 4.79 Å². The van der Waals surface area contributed by atoms with Crippen molar-refractivity contribution in [2.75, 3.05) is 37.6 Å². The van der Waals surface area contributed by atoms with Crippen LogP contribution in [0.3, 0.4) is 0 Å². The normalized spacial score (nSPS) is 11.9. The predicted molar refractivity (Wildman–Crippen MR) is 78.6 cm³/mol. The molecule has 0 aromatic heterocycles. The zero-order valence-corrected chi connectivity index (χ0v) is 12.8. The van der Waals surface area contributed by atoms with Crippen LogP contribution in [0.25, 0.3) is 0 Å². The molecule has 0 radical (unpaired) electrons. The third-order valence-electron chi connectivity index (χ3n) is 2.40. The average molecular weight is 294 g/mol. The van der Waals surface area contributed by atoms with Crippen molar-refractivity contribution in [1.82, 2.24) is 10.2 Å². The van der Waals surface area contributed by atoms with Crippen molar-refractivity contribution in [1.29, 1.82) is 0 Å². The molecule has 0 heterocycles. The van der Waals surface area contributed by atoms with E-state index in [2.05, 4.69) is 5.32 Å². The van der Waals surface area contributed by atoms with Crippen molar-refractivity contribution in [3.63, 3.8) is 0 Å². The van der Waals surface area contributed by atoms with E-state index in [0.717, 1.165) is 12.2 Å². The topological polar surface area (TPSA) is 69.6 Å². The smallest absolute Gasteiger partial charge is 0.326 e. The van der Waals surface area contributed by atoms with Crippen molar-refractivity contribution in [2.45, 2.75) is 18.9 Å². The maximum Gasteiger partial charge on any atom is 0.326 e. The number of nitrogens with zero attached hydrogens (tertiary/aromatic N) is 1. The molecule has 5 nitrogen and oxygen atoms in total. The first-order valence-electron chi connectivity index (χ1n) is 5.75. The summed E-state index contributed by atoms with van der Waals surface area (Å²) >= 11 is 3.30. The average Bonchev–Trinajstić information content (AvgIpc) is 2.33. The second-order valence-electron chi connectivity index (χ2n) is 3.89. The zero-order chi connectivity index (χ0) is 14.0. The second-order valence-corrected chi connectivity index (χ2v) is 5.86. The van der Waals surface area contributed by atoms with Crippen molar-refractivity contribution in [3.8, 4) is 0 Å². The summed E-state index contributed by atoms with van der Waals surface area (Å²) in [5.74, 6) is 0.731. The number of urea groups is 1. The molecular weight excluding hydrogens is 272 g/mol. The van der Waals surface area contributed by atoms with Gasteiger partial charge in [-0.3, -0.25) is 0 Å². The molecule has 0 aromatic carbocycles. The number of carbonyl (C=O) groups excluding carboxylic acids is 1. The molecular formula is C11H22N2O3S2. The van der Waals surface area contributed by atoms with Crippen molar-refractivity contribution in [3.05, 3.63) is 0 Å². The maximum absolute atomic E-state index is 11.8. The second kappa shape index (κ2) is 10.4. The van der Waals surface area contributed by atoms with Gasteiger partial charge in [0, 0.05) is 13.6 Å². The predicted octanol–water partition coefficient (Wildman–Crippen LogP) is 1.59. The molecule has 0 aliphatic heterocycles. The first-order valence-corrected chi connectivity index (χ1v) is 8.54. The van der Waals surface area contributed by atoms with Gasteiger partial charge in [0.25, 0.3) is 0 Å². The number of carbonyl (C=O) groups is 2. The van der Waals surface area contributed by atoms with Crippen LogP contribution < -0.4 is 5.32 Å². The fourth-order valence-corrected chi connectivity index (χ4v) is 2.19. The number of hydrogen-bond acceptors (Lipinski definition) is 4. The van der Waals surface area contributed by atoms with Crippen LogP contribution in [0.1, 0.15) is 12.8 Å². The Balaban J connectivity index is 4.10. The van der Waals surface area contributed by atoms with Crippen LogP contribution in [0.2, 0.25) is 0 Å². The minimum absolute atomic E-state index is 0.315. The highest BCUT2D eigenvalue weighted by Crippen LogP contribution is 2.02. The Morgan fingerprint density at radius 3 is 2.39 bits per heavy atom. The van der Waals surface area contributed by atoms with E-state index in [1.165, 1.54) is 4.90 Å². The van der Waals surface area contributed by atoms with E-state index in [9.17, 15) is 9.59 Å². The molecule has 2 amide bonds. The Hall–Kier alpha value is -0.560. The van der Waals surface area contributed by atoms with Gasteiger partial charge in [0.15, 0.2) is 0 Å². The van der Waals surface area contributed by atoms with Gasteiger partial charge in [0.2, 0.25) is 0 Å². The van der Waals surface area contributed by atoms with E-state index in [1.807, 2.05) is 12.5 Å². The minimum atomic E-state index is -0.977. The summed E-state index contributed by atoms with van der Waals surface area (Å²) in [6.07, 6.45) is 5.28. The van der Waals surface area contributed by atoms with Crippen LogP contribution in [0.5, 0.6) is 0 Å². The number of nitrogens with one attached hydrogen (secondary N) is 1. The lowest BCUT2D eigenvalue weighted by atomic mass is 10.2. The van der Waals surface area contributed by atoms with Crippen molar-refractivity contribution in [2.24, 2.45) is 0 Å². The molecule has 18 heavy (non-hydrogen) atoms. The number of rotatable bonds is 9. The molecule has 0 rings (SSSR count). The Labute approximate surface area is 117 Å². The van der Waals surface area contributed by atoms with Gasteiger partial charge in [-0.1, -0.05) is 0 Å². The largest absolute Gasteiger partial charge is 0.480 e. The molecule has 1 atom stereocenters.